The number of rotatable bonds is 8. The molecule has 2 aliphatic rings. The summed E-state index contributed by atoms with van der Waals surface area (Å²) in [5, 5.41) is 8.69. The number of aliphatic hydroxyl groups excluding tert-OH is 1. The molecule has 2 fully saturated rings. The number of hydrogen-bond donors (Lipinski definition) is 1. The van der Waals surface area contributed by atoms with Gasteiger partial charge in [-0.3, -0.25) is 0 Å². The third kappa shape index (κ3) is 8.21. The van der Waals surface area contributed by atoms with Crippen LogP contribution in [0.15, 0.2) is 0 Å². The van der Waals surface area contributed by atoms with Crippen LogP contribution in [0.5, 0.6) is 0 Å². The van der Waals surface area contributed by atoms with Crippen molar-refractivity contribution >= 4 is 0 Å². The van der Waals surface area contributed by atoms with Crippen molar-refractivity contribution in [2.75, 3.05) is 20.3 Å². The Labute approximate surface area is 132 Å². The van der Waals surface area contributed by atoms with Gasteiger partial charge in [-0.05, 0) is 43.4 Å². The molecular formula is C19H38O2. The Morgan fingerprint density at radius 2 is 1.62 bits per heavy atom. The fraction of sp³-hybridized carbons (Fsp3) is 1.00. The van der Waals surface area contributed by atoms with Crippen molar-refractivity contribution in [1.29, 1.82) is 0 Å². The van der Waals surface area contributed by atoms with Gasteiger partial charge in [0.1, 0.15) is 0 Å². The summed E-state index contributed by atoms with van der Waals surface area (Å²) in [6.07, 6.45) is 16.4. The minimum atomic E-state index is 0.382. The van der Waals surface area contributed by atoms with Crippen molar-refractivity contribution < 1.29 is 9.84 Å². The molecule has 2 nitrogen and oxygen atoms in total. The molecular weight excluding hydrogens is 260 g/mol. The molecule has 0 spiro atoms. The van der Waals surface area contributed by atoms with E-state index in [1.165, 1.54) is 70.6 Å². The third-order valence-electron chi connectivity index (χ3n) is 5.51. The van der Waals surface area contributed by atoms with Gasteiger partial charge in [0, 0.05) is 20.3 Å². The molecule has 2 heteroatoms. The molecule has 2 aliphatic carbocycles. The Morgan fingerprint density at radius 1 is 0.905 bits per heavy atom. The topological polar surface area (TPSA) is 29.5 Å². The number of aliphatic hydroxyl groups is 1. The molecule has 2 rings (SSSR count). The maximum absolute atomic E-state index is 8.69. The SMILES string of the molecule is CCC1CCCC1CCCO.COCCCC1CCCC1. The molecule has 1 N–H and O–H groups in total. The Hall–Kier alpha value is -0.0800. The molecule has 0 radical (unpaired) electrons. The summed E-state index contributed by atoms with van der Waals surface area (Å²) in [6.45, 7) is 3.63. The molecule has 0 aromatic carbocycles. The zero-order valence-electron chi connectivity index (χ0n) is 14.5. The van der Waals surface area contributed by atoms with Gasteiger partial charge in [0.2, 0.25) is 0 Å². The normalized spacial score (nSPS) is 25.9. The first kappa shape index (κ1) is 19.0. The van der Waals surface area contributed by atoms with Crippen molar-refractivity contribution in [3.05, 3.63) is 0 Å². The zero-order valence-corrected chi connectivity index (χ0v) is 14.5. The van der Waals surface area contributed by atoms with Crippen LogP contribution in [0.25, 0.3) is 0 Å². The summed E-state index contributed by atoms with van der Waals surface area (Å²) in [7, 11) is 1.79. The van der Waals surface area contributed by atoms with Gasteiger partial charge >= 0.3 is 0 Å². The Bertz CT molecular complexity index is 224. The van der Waals surface area contributed by atoms with Crippen molar-refractivity contribution in [1.82, 2.24) is 0 Å². The average molecular weight is 299 g/mol. The van der Waals surface area contributed by atoms with Crippen LogP contribution in [-0.4, -0.2) is 25.4 Å². The summed E-state index contributed by atoms with van der Waals surface area (Å²) in [5.41, 5.74) is 0. The van der Waals surface area contributed by atoms with Crippen molar-refractivity contribution in [2.45, 2.75) is 84.0 Å². The third-order valence-corrected chi connectivity index (χ3v) is 5.51. The van der Waals surface area contributed by atoms with E-state index in [1.54, 1.807) is 7.11 Å². The quantitative estimate of drug-likeness (QED) is 0.625. The van der Waals surface area contributed by atoms with Crippen LogP contribution in [0.2, 0.25) is 0 Å². The Balaban J connectivity index is 0.000000211. The van der Waals surface area contributed by atoms with Crippen molar-refractivity contribution in [3.8, 4) is 0 Å². The lowest BCUT2D eigenvalue weighted by atomic mass is 9.90. The highest BCUT2D eigenvalue weighted by Gasteiger charge is 2.24. The van der Waals surface area contributed by atoms with Gasteiger partial charge in [0.25, 0.3) is 0 Å². The predicted molar refractivity (Wildman–Crippen MR) is 90.5 cm³/mol. The van der Waals surface area contributed by atoms with Crippen molar-refractivity contribution in [2.24, 2.45) is 17.8 Å². The monoisotopic (exact) mass is 298 g/mol. The van der Waals surface area contributed by atoms with Gasteiger partial charge in [-0.2, -0.15) is 0 Å². The number of methoxy groups -OCH3 is 1. The molecule has 2 saturated carbocycles. The van der Waals surface area contributed by atoms with E-state index in [9.17, 15) is 0 Å². The summed E-state index contributed by atoms with van der Waals surface area (Å²) >= 11 is 0. The number of ether oxygens (including phenoxy) is 1. The minimum absolute atomic E-state index is 0.382. The number of hydrogen-bond acceptors (Lipinski definition) is 2. The lowest BCUT2D eigenvalue weighted by Crippen LogP contribution is -2.07. The van der Waals surface area contributed by atoms with Gasteiger partial charge in [0.05, 0.1) is 0 Å². The molecule has 0 aromatic rings. The first-order chi connectivity index (χ1) is 10.3. The minimum Gasteiger partial charge on any atom is -0.396 e. The molecule has 2 unspecified atom stereocenters. The average Bonchev–Trinajstić information content (AvgIpc) is 3.17. The van der Waals surface area contributed by atoms with E-state index in [1.807, 2.05) is 0 Å². The van der Waals surface area contributed by atoms with Gasteiger partial charge in [-0.15, -0.1) is 0 Å². The lowest BCUT2D eigenvalue weighted by Gasteiger charge is -2.16. The highest BCUT2D eigenvalue weighted by Crippen LogP contribution is 2.36. The fourth-order valence-electron chi connectivity index (χ4n) is 4.20. The summed E-state index contributed by atoms with van der Waals surface area (Å²) in [4.78, 5) is 0. The molecule has 0 amide bonds. The largest absolute Gasteiger partial charge is 0.396 e. The summed E-state index contributed by atoms with van der Waals surface area (Å²) < 4.78 is 5.00. The van der Waals surface area contributed by atoms with E-state index >= 15 is 0 Å². The van der Waals surface area contributed by atoms with E-state index in [4.69, 9.17) is 9.84 Å². The first-order valence-corrected chi connectivity index (χ1v) is 9.41. The molecule has 2 atom stereocenters. The predicted octanol–water partition coefficient (Wildman–Crippen LogP) is 5.19. The van der Waals surface area contributed by atoms with Crippen LogP contribution in [0.4, 0.5) is 0 Å². The van der Waals surface area contributed by atoms with E-state index in [2.05, 4.69) is 6.92 Å². The fourth-order valence-corrected chi connectivity index (χ4v) is 4.20. The van der Waals surface area contributed by atoms with E-state index in [0.717, 1.165) is 30.8 Å². The second-order valence-corrected chi connectivity index (χ2v) is 7.01. The molecule has 0 bridgehead atoms. The highest BCUT2D eigenvalue weighted by molar-refractivity contribution is 4.76. The first-order valence-electron chi connectivity index (χ1n) is 9.41. The maximum atomic E-state index is 8.69. The lowest BCUT2D eigenvalue weighted by molar-refractivity contribution is 0.187. The van der Waals surface area contributed by atoms with Crippen LogP contribution < -0.4 is 0 Å². The molecule has 0 aliphatic heterocycles. The van der Waals surface area contributed by atoms with Crippen LogP contribution in [-0.2, 0) is 4.74 Å². The molecule has 21 heavy (non-hydrogen) atoms. The highest BCUT2D eigenvalue weighted by atomic mass is 16.5. The van der Waals surface area contributed by atoms with Gasteiger partial charge in [0.15, 0.2) is 0 Å². The van der Waals surface area contributed by atoms with Crippen LogP contribution in [0.1, 0.15) is 84.0 Å². The molecule has 0 heterocycles. The zero-order chi connectivity index (χ0) is 15.3. The second-order valence-electron chi connectivity index (χ2n) is 7.01. The molecule has 0 saturated heterocycles. The molecule has 126 valence electrons. The maximum Gasteiger partial charge on any atom is 0.0462 e. The second kappa shape index (κ2) is 12.5. The summed E-state index contributed by atoms with van der Waals surface area (Å²) in [5.74, 6) is 2.95. The van der Waals surface area contributed by atoms with E-state index in [0.29, 0.717) is 6.61 Å². The van der Waals surface area contributed by atoms with Gasteiger partial charge in [-0.25, -0.2) is 0 Å². The van der Waals surface area contributed by atoms with Crippen molar-refractivity contribution in [3.63, 3.8) is 0 Å². The molecule has 0 aromatic heterocycles. The Morgan fingerprint density at radius 3 is 2.24 bits per heavy atom. The van der Waals surface area contributed by atoms with Crippen LogP contribution in [0.3, 0.4) is 0 Å². The smallest absolute Gasteiger partial charge is 0.0462 e. The standard InChI is InChI=1S/C10H20O.C9H18O/c1-2-9-5-3-6-10(9)7-4-8-11;1-10-8-4-7-9-5-2-3-6-9/h9-11H,2-8H2,1H3;9H,2-8H2,1H3. The van der Waals surface area contributed by atoms with Gasteiger partial charge in [-0.1, -0.05) is 58.3 Å². The van der Waals surface area contributed by atoms with Gasteiger partial charge < -0.3 is 9.84 Å². The Kier molecular flexibility index (Phi) is 11.3. The summed E-state index contributed by atoms with van der Waals surface area (Å²) in [6, 6.07) is 0. The van der Waals surface area contributed by atoms with Crippen LogP contribution >= 0.6 is 0 Å². The van der Waals surface area contributed by atoms with Crippen LogP contribution in [0, 0.1) is 17.8 Å². The van der Waals surface area contributed by atoms with E-state index in [-0.39, 0.29) is 0 Å². The van der Waals surface area contributed by atoms with E-state index < -0.39 is 0 Å².